The Morgan fingerprint density at radius 3 is 2.46 bits per heavy atom. The standard InChI is InChI=1S/C26H25F3N2O5S/c1-15-22(17-4-3-5-19(12-17)26(27,28)29)24(32)21(13-30-15)25(33)31-23(18-10-11-36-14-18)16-6-8-20(9-7-16)37(2,34)35/h3-9,12-13,18,22-23H,10-11,14H2,1-2H3,(H,31,33). The summed E-state index contributed by atoms with van der Waals surface area (Å²) in [5.41, 5.74) is -0.168. The Morgan fingerprint density at radius 1 is 1.16 bits per heavy atom. The molecule has 196 valence electrons. The first-order valence-electron chi connectivity index (χ1n) is 11.5. The molecule has 1 fully saturated rings. The van der Waals surface area contributed by atoms with Gasteiger partial charge in [-0.3, -0.25) is 14.6 Å². The molecule has 0 saturated carbocycles. The van der Waals surface area contributed by atoms with E-state index in [0.717, 1.165) is 24.6 Å². The average Bonchev–Trinajstić information content (AvgIpc) is 3.36. The molecule has 4 rings (SSSR count). The van der Waals surface area contributed by atoms with E-state index < -0.39 is 45.2 Å². The van der Waals surface area contributed by atoms with Crippen molar-refractivity contribution in [3.8, 4) is 0 Å². The fourth-order valence-electron chi connectivity index (χ4n) is 4.54. The van der Waals surface area contributed by atoms with Gasteiger partial charge in [-0.25, -0.2) is 8.42 Å². The smallest absolute Gasteiger partial charge is 0.381 e. The van der Waals surface area contributed by atoms with E-state index in [1.807, 2.05) is 0 Å². The van der Waals surface area contributed by atoms with Crippen molar-refractivity contribution in [3.05, 3.63) is 77.0 Å². The van der Waals surface area contributed by atoms with Crippen LogP contribution in [-0.4, -0.2) is 45.3 Å². The van der Waals surface area contributed by atoms with Gasteiger partial charge in [0.1, 0.15) is 5.57 Å². The van der Waals surface area contributed by atoms with Crippen molar-refractivity contribution in [2.75, 3.05) is 19.5 Å². The predicted molar refractivity (Wildman–Crippen MR) is 130 cm³/mol. The highest BCUT2D eigenvalue weighted by atomic mass is 32.2. The Morgan fingerprint density at radius 2 is 1.86 bits per heavy atom. The number of Topliss-reactive ketones (excluding diaryl/α,β-unsaturated/α-hetero) is 1. The number of nitrogens with zero attached hydrogens (tertiary/aromatic N) is 1. The zero-order chi connectivity index (χ0) is 27.0. The van der Waals surface area contributed by atoms with E-state index in [1.165, 1.54) is 31.2 Å². The monoisotopic (exact) mass is 534 g/mol. The van der Waals surface area contributed by atoms with E-state index >= 15 is 0 Å². The minimum atomic E-state index is -4.59. The van der Waals surface area contributed by atoms with Crippen LogP contribution in [0.4, 0.5) is 13.2 Å². The first-order valence-corrected chi connectivity index (χ1v) is 13.4. The van der Waals surface area contributed by atoms with Crippen molar-refractivity contribution in [2.24, 2.45) is 10.9 Å². The fraction of sp³-hybridized carbons (Fsp3) is 0.346. The van der Waals surface area contributed by atoms with E-state index in [2.05, 4.69) is 10.3 Å². The van der Waals surface area contributed by atoms with Crippen molar-refractivity contribution in [3.63, 3.8) is 0 Å². The predicted octanol–water partition coefficient (Wildman–Crippen LogP) is 4.01. The summed E-state index contributed by atoms with van der Waals surface area (Å²) in [4.78, 5) is 30.9. The van der Waals surface area contributed by atoms with Gasteiger partial charge in [0.05, 0.1) is 29.0 Å². The van der Waals surface area contributed by atoms with Gasteiger partial charge in [-0.15, -0.1) is 0 Å². The minimum Gasteiger partial charge on any atom is -0.381 e. The third-order valence-electron chi connectivity index (χ3n) is 6.52. The second-order valence-electron chi connectivity index (χ2n) is 9.15. The number of carbonyl (C=O) groups is 2. The number of nitrogens with one attached hydrogen (secondary N) is 1. The molecular weight excluding hydrogens is 509 g/mol. The molecule has 0 radical (unpaired) electrons. The highest BCUT2D eigenvalue weighted by Gasteiger charge is 2.37. The lowest BCUT2D eigenvalue weighted by atomic mass is 9.84. The molecule has 2 aliphatic heterocycles. The van der Waals surface area contributed by atoms with Crippen molar-refractivity contribution < 1.29 is 35.9 Å². The van der Waals surface area contributed by atoms with Crippen molar-refractivity contribution in [1.82, 2.24) is 5.32 Å². The van der Waals surface area contributed by atoms with Crippen molar-refractivity contribution in [2.45, 2.75) is 36.4 Å². The average molecular weight is 535 g/mol. The van der Waals surface area contributed by atoms with E-state index in [4.69, 9.17) is 4.74 Å². The van der Waals surface area contributed by atoms with Gasteiger partial charge in [0.25, 0.3) is 5.91 Å². The number of benzene rings is 2. The lowest BCUT2D eigenvalue weighted by Gasteiger charge is -2.26. The number of ketones is 1. The van der Waals surface area contributed by atoms with Gasteiger partial charge < -0.3 is 10.1 Å². The Labute approximate surface area is 212 Å². The molecule has 1 saturated heterocycles. The van der Waals surface area contributed by atoms with Crippen LogP contribution in [0.25, 0.3) is 0 Å². The van der Waals surface area contributed by atoms with E-state index in [9.17, 15) is 31.2 Å². The van der Waals surface area contributed by atoms with E-state index in [1.54, 1.807) is 12.1 Å². The molecule has 3 unspecified atom stereocenters. The molecule has 2 heterocycles. The number of amides is 1. The number of halogens is 3. The molecule has 0 aliphatic carbocycles. The lowest BCUT2D eigenvalue weighted by molar-refractivity contribution is -0.137. The quantitative estimate of drug-likeness (QED) is 0.565. The summed E-state index contributed by atoms with van der Waals surface area (Å²) in [6.07, 6.45) is -1.73. The molecule has 0 bridgehead atoms. The van der Waals surface area contributed by atoms with Gasteiger partial charge in [-0.05, 0) is 42.7 Å². The van der Waals surface area contributed by atoms with Gasteiger partial charge in [-0.1, -0.05) is 30.3 Å². The summed E-state index contributed by atoms with van der Waals surface area (Å²) in [7, 11) is -3.41. The molecule has 37 heavy (non-hydrogen) atoms. The molecule has 2 aliphatic rings. The van der Waals surface area contributed by atoms with Crippen LogP contribution >= 0.6 is 0 Å². The Balaban J connectivity index is 1.61. The summed E-state index contributed by atoms with van der Waals surface area (Å²) in [5, 5.41) is 2.85. The van der Waals surface area contributed by atoms with E-state index in [-0.39, 0.29) is 27.7 Å². The third kappa shape index (κ3) is 5.83. The number of hydrogen-bond acceptors (Lipinski definition) is 6. The molecule has 0 spiro atoms. The fourth-order valence-corrected chi connectivity index (χ4v) is 5.17. The molecule has 1 amide bonds. The highest BCUT2D eigenvalue weighted by Crippen LogP contribution is 2.34. The number of carbonyl (C=O) groups excluding carboxylic acids is 2. The van der Waals surface area contributed by atoms with Crippen LogP contribution in [0.3, 0.4) is 0 Å². The topological polar surface area (TPSA) is 102 Å². The highest BCUT2D eigenvalue weighted by molar-refractivity contribution is 7.90. The molecule has 11 heteroatoms. The summed E-state index contributed by atoms with van der Waals surface area (Å²) in [6.45, 7) is 2.37. The zero-order valence-corrected chi connectivity index (χ0v) is 20.9. The number of alkyl halides is 3. The SMILES string of the molecule is CC1=NC=C(C(=O)NC(c2ccc(S(C)(=O)=O)cc2)C2CCOC2)C(=O)C1c1cccc(C(F)(F)F)c1. The van der Waals surface area contributed by atoms with Crippen LogP contribution in [-0.2, 0) is 30.3 Å². The summed E-state index contributed by atoms with van der Waals surface area (Å²) in [5.74, 6) is -2.63. The van der Waals surface area contributed by atoms with Crippen molar-refractivity contribution in [1.29, 1.82) is 0 Å². The Bertz CT molecular complexity index is 1380. The number of ether oxygens (including phenoxy) is 1. The molecular formula is C26H25F3N2O5S. The lowest BCUT2D eigenvalue weighted by Crippen LogP contribution is -2.38. The zero-order valence-electron chi connectivity index (χ0n) is 20.1. The third-order valence-corrected chi connectivity index (χ3v) is 7.65. The van der Waals surface area contributed by atoms with Gasteiger partial charge in [-0.2, -0.15) is 13.2 Å². The van der Waals surface area contributed by atoms with Crippen LogP contribution in [0, 0.1) is 5.92 Å². The largest absolute Gasteiger partial charge is 0.416 e. The van der Waals surface area contributed by atoms with Crippen LogP contribution in [0.5, 0.6) is 0 Å². The molecule has 1 N–H and O–H groups in total. The minimum absolute atomic E-state index is 0.0941. The number of hydrogen-bond donors (Lipinski definition) is 1. The maximum atomic E-state index is 13.4. The summed E-state index contributed by atoms with van der Waals surface area (Å²) < 4.78 is 68.9. The Hall–Kier alpha value is -3.31. The van der Waals surface area contributed by atoms with Gasteiger partial charge in [0.15, 0.2) is 15.6 Å². The number of aliphatic imine (C=N–C) groups is 1. The van der Waals surface area contributed by atoms with Crippen LogP contribution in [0.15, 0.2) is 70.2 Å². The van der Waals surface area contributed by atoms with Crippen molar-refractivity contribution >= 4 is 27.2 Å². The molecule has 7 nitrogen and oxygen atoms in total. The van der Waals surface area contributed by atoms with Gasteiger partial charge >= 0.3 is 6.18 Å². The van der Waals surface area contributed by atoms with Crippen LogP contribution < -0.4 is 5.32 Å². The molecule has 2 aromatic rings. The first kappa shape index (κ1) is 26.7. The maximum absolute atomic E-state index is 13.4. The first-order chi connectivity index (χ1) is 17.4. The maximum Gasteiger partial charge on any atom is 0.416 e. The molecule has 2 aromatic carbocycles. The second kappa shape index (κ2) is 10.2. The molecule has 0 aromatic heterocycles. The number of rotatable bonds is 6. The van der Waals surface area contributed by atoms with Gasteiger partial charge in [0, 0.05) is 30.7 Å². The molecule has 3 atom stereocenters. The summed E-state index contributed by atoms with van der Waals surface area (Å²) >= 11 is 0. The van der Waals surface area contributed by atoms with E-state index in [0.29, 0.717) is 25.2 Å². The summed E-state index contributed by atoms with van der Waals surface area (Å²) in [6, 6.07) is 9.93. The van der Waals surface area contributed by atoms with Crippen LogP contribution in [0.1, 0.15) is 42.0 Å². The Kier molecular flexibility index (Phi) is 7.38. The van der Waals surface area contributed by atoms with Gasteiger partial charge in [0.2, 0.25) is 0 Å². The second-order valence-corrected chi connectivity index (χ2v) is 11.2. The van der Waals surface area contributed by atoms with Crippen LogP contribution in [0.2, 0.25) is 0 Å². The normalized spacial score (nSPS) is 21.3. The number of sulfone groups is 1.